The van der Waals surface area contributed by atoms with Crippen LogP contribution in [0.25, 0.3) is 0 Å². The van der Waals surface area contributed by atoms with Gasteiger partial charge in [0.15, 0.2) is 0 Å². The third-order valence-corrected chi connectivity index (χ3v) is 3.72. The number of carbonyl (C=O) groups excluding carboxylic acids is 1. The highest BCUT2D eigenvalue weighted by atomic mass is 16.2. The standard InChI is InChI=1S/C14H28N2O/c1-13(9-10-15)7-8-14(17)16-11-5-3-2-4-6-12-16/h13H,2-12,15H2,1H3. The van der Waals surface area contributed by atoms with Crippen LogP contribution in [0.4, 0.5) is 0 Å². The Morgan fingerprint density at radius 2 is 1.71 bits per heavy atom. The molecule has 1 amide bonds. The zero-order chi connectivity index (χ0) is 12.5. The minimum atomic E-state index is 0.357. The summed E-state index contributed by atoms with van der Waals surface area (Å²) in [7, 11) is 0. The van der Waals surface area contributed by atoms with E-state index in [2.05, 4.69) is 11.8 Å². The van der Waals surface area contributed by atoms with Crippen LogP contribution in [0.2, 0.25) is 0 Å². The van der Waals surface area contributed by atoms with E-state index in [1.807, 2.05) is 0 Å². The van der Waals surface area contributed by atoms with Crippen molar-refractivity contribution in [3.05, 3.63) is 0 Å². The smallest absolute Gasteiger partial charge is 0.222 e. The molecule has 1 atom stereocenters. The number of hydrogen-bond acceptors (Lipinski definition) is 2. The van der Waals surface area contributed by atoms with Gasteiger partial charge >= 0.3 is 0 Å². The van der Waals surface area contributed by atoms with E-state index in [0.717, 1.165) is 32.5 Å². The van der Waals surface area contributed by atoms with Gasteiger partial charge in [-0.1, -0.05) is 26.2 Å². The number of rotatable bonds is 5. The van der Waals surface area contributed by atoms with Crippen LogP contribution in [0, 0.1) is 5.92 Å². The van der Waals surface area contributed by atoms with Gasteiger partial charge in [0.25, 0.3) is 0 Å². The van der Waals surface area contributed by atoms with E-state index in [-0.39, 0.29) is 0 Å². The number of hydrogen-bond donors (Lipinski definition) is 1. The Hall–Kier alpha value is -0.570. The van der Waals surface area contributed by atoms with Gasteiger partial charge in [0, 0.05) is 19.5 Å². The van der Waals surface area contributed by atoms with Crippen molar-refractivity contribution < 1.29 is 4.79 Å². The molecular formula is C14H28N2O. The van der Waals surface area contributed by atoms with Crippen LogP contribution in [0.5, 0.6) is 0 Å². The van der Waals surface area contributed by atoms with Crippen molar-refractivity contribution in [1.29, 1.82) is 0 Å². The topological polar surface area (TPSA) is 46.3 Å². The quantitative estimate of drug-likeness (QED) is 0.802. The molecule has 0 aromatic carbocycles. The Balaban J connectivity index is 2.24. The van der Waals surface area contributed by atoms with Crippen LogP contribution in [0.3, 0.4) is 0 Å². The van der Waals surface area contributed by atoms with Gasteiger partial charge in [-0.25, -0.2) is 0 Å². The number of likely N-dealkylation sites (tertiary alicyclic amines) is 1. The normalized spacial score (nSPS) is 19.5. The predicted molar refractivity (Wildman–Crippen MR) is 71.7 cm³/mol. The molecule has 1 unspecified atom stereocenters. The lowest BCUT2D eigenvalue weighted by molar-refractivity contribution is -0.131. The van der Waals surface area contributed by atoms with Crippen LogP contribution < -0.4 is 5.73 Å². The zero-order valence-electron chi connectivity index (χ0n) is 11.3. The maximum Gasteiger partial charge on any atom is 0.222 e. The second-order valence-electron chi connectivity index (χ2n) is 5.37. The molecule has 0 bridgehead atoms. The van der Waals surface area contributed by atoms with Gasteiger partial charge in [-0.05, 0) is 38.1 Å². The molecule has 2 N–H and O–H groups in total. The summed E-state index contributed by atoms with van der Waals surface area (Å²) in [4.78, 5) is 14.1. The third-order valence-electron chi connectivity index (χ3n) is 3.72. The Labute approximate surface area is 106 Å². The number of nitrogens with zero attached hydrogens (tertiary/aromatic N) is 1. The number of carbonyl (C=O) groups is 1. The monoisotopic (exact) mass is 240 g/mol. The van der Waals surface area contributed by atoms with Crippen LogP contribution in [-0.4, -0.2) is 30.4 Å². The molecule has 17 heavy (non-hydrogen) atoms. The molecule has 100 valence electrons. The maximum absolute atomic E-state index is 12.1. The van der Waals surface area contributed by atoms with Crippen molar-refractivity contribution >= 4 is 5.91 Å². The van der Waals surface area contributed by atoms with E-state index in [1.54, 1.807) is 0 Å². The summed E-state index contributed by atoms with van der Waals surface area (Å²) in [5.74, 6) is 0.939. The molecular weight excluding hydrogens is 212 g/mol. The Morgan fingerprint density at radius 3 is 2.29 bits per heavy atom. The first kappa shape index (κ1) is 14.5. The summed E-state index contributed by atoms with van der Waals surface area (Å²) in [5, 5.41) is 0. The fraction of sp³-hybridized carbons (Fsp3) is 0.929. The first-order valence-electron chi connectivity index (χ1n) is 7.22. The number of amides is 1. The zero-order valence-corrected chi connectivity index (χ0v) is 11.3. The van der Waals surface area contributed by atoms with E-state index >= 15 is 0 Å². The van der Waals surface area contributed by atoms with Crippen molar-refractivity contribution in [2.24, 2.45) is 11.7 Å². The lowest BCUT2D eigenvalue weighted by Gasteiger charge is -2.25. The van der Waals surface area contributed by atoms with Crippen LogP contribution in [0.1, 0.15) is 58.3 Å². The van der Waals surface area contributed by atoms with E-state index < -0.39 is 0 Å². The summed E-state index contributed by atoms with van der Waals surface area (Å²) < 4.78 is 0. The minimum Gasteiger partial charge on any atom is -0.343 e. The van der Waals surface area contributed by atoms with Crippen LogP contribution in [-0.2, 0) is 4.79 Å². The fourth-order valence-electron chi connectivity index (χ4n) is 2.45. The molecule has 0 aromatic rings. The predicted octanol–water partition coefficient (Wildman–Crippen LogP) is 2.54. The maximum atomic E-state index is 12.1. The molecule has 1 aliphatic heterocycles. The first-order chi connectivity index (χ1) is 8.24. The largest absolute Gasteiger partial charge is 0.343 e. The summed E-state index contributed by atoms with van der Waals surface area (Å²) in [6.45, 7) is 4.88. The molecule has 0 aliphatic carbocycles. The van der Waals surface area contributed by atoms with Crippen molar-refractivity contribution in [2.45, 2.75) is 58.3 Å². The molecule has 1 heterocycles. The highest BCUT2D eigenvalue weighted by molar-refractivity contribution is 5.76. The van der Waals surface area contributed by atoms with Crippen LogP contribution in [0.15, 0.2) is 0 Å². The van der Waals surface area contributed by atoms with Crippen molar-refractivity contribution in [2.75, 3.05) is 19.6 Å². The average molecular weight is 240 g/mol. The SMILES string of the molecule is CC(CCN)CCC(=O)N1CCCCCCC1. The van der Waals surface area contributed by atoms with Gasteiger partial charge in [-0.15, -0.1) is 0 Å². The minimum absolute atomic E-state index is 0.357. The highest BCUT2D eigenvalue weighted by Gasteiger charge is 2.15. The second-order valence-corrected chi connectivity index (χ2v) is 5.37. The third kappa shape index (κ3) is 6.06. The van der Waals surface area contributed by atoms with Crippen molar-refractivity contribution in [3.63, 3.8) is 0 Å². The number of nitrogens with two attached hydrogens (primary N) is 1. The van der Waals surface area contributed by atoms with E-state index in [9.17, 15) is 4.79 Å². The van der Waals surface area contributed by atoms with E-state index in [1.165, 1.54) is 32.1 Å². The Morgan fingerprint density at radius 1 is 1.12 bits per heavy atom. The van der Waals surface area contributed by atoms with Crippen LogP contribution >= 0.6 is 0 Å². The summed E-state index contributed by atoms with van der Waals surface area (Å²) in [6, 6.07) is 0. The molecule has 1 rings (SSSR count). The van der Waals surface area contributed by atoms with Gasteiger partial charge in [0.1, 0.15) is 0 Å². The van der Waals surface area contributed by atoms with Gasteiger partial charge in [-0.2, -0.15) is 0 Å². The second kappa shape index (κ2) is 8.51. The molecule has 0 radical (unpaired) electrons. The summed E-state index contributed by atoms with van der Waals surface area (Å²) >= 11 is 0. The van der Waals surface area contributed by atoms with Gasteiger partial charge in [0.2, 0.25) is 5.91 Å². The molecule has 3 nitrogen and oxygen atoms in total. The summed E-state index contributed by atoms with van der Waals surface area (Å²) in [5.41, 5.74) is 5.52. The van der Waals surface area contributed by atoms with Gasteiger partial charge in [0.05, 0.1) is 0 Å². The van der Waals surface area contributed by atoms with Crippen molar-refractivity contribution in [1.82, 2.24) is 4.90 Å². The lowest BCUT2D eigenvalue weighted by atomic mass is 10.0. The molecule has 0 spiro atoms. The van der Waals surface area contributed by atoms with Gasteiger partial charge < -0.3 is 10.6 Å². The summed E-state index contributed by atoms with van der Waals surface area (Å²) in [6.07, 6.45) is 9.02. The molecule has 0 aromatic heterocycles. The molecule has 3 heteroatoms. The van der Waals surface area contributed by atoms with Gasteiger partial charge in [-0.3, -0.25) is 4.79 Å². The fourth-order valence-corrected chi connectivity index (χ4v) is 2.45. The molecule has 1 aliphatic rings. The highest BCUT2D eigenvalue weighted by Crippen LogP contribution is 2.14. The molecule has 1 fully saturated rings. The van der Waals surface area contributed by atoms with Crippen molar-refractivity contribution in [3.8, 4) is 0 Å². The Bertz CT molecular complexity index is 210. The molecule has 1 saturated heterocycles. The Kier molecular flexibility index (Phi) is 7.25. The molecule has 0 saturated carbocycles. The van der Waals surface area contributed by atoms with E-state index in [0.29, 0.717) is 18.2 Å². The van der Waals surface area contributed by atoms with E-state index in [4.69, 9.17) is 5.73 Å². The lowest BCUT2D eigenvalue weighted by Crippen LogP contribution is -2.33. The average Bonchev–Trinajstić information content (AvgIpc) is 2.26. The first-order valence-corrected chi connectivity index (χ1v) is 7.22.